The molecule has 0 saturated carbocycles. The molecule has 3 rings (SSSR count). The topological polar surface area (TPSA) is 86.3 Å². The van der Waals surface area contributed by atoms with Crippen molar-refractivity contribution in [1.82, 2.24) is 19.8 Å². The van der Waals surface area contributed by atoms with Gasteiger partial charge in [0.1, 0.15) is 5.75 Å². The predicted octanol–water partition coefficient (Wildman–Crippen LogP) is 1.50. The van der Waals surface area contributed by atoms with Crippen molar-refractivity contribution in [1.29, 1.82) is 0 Å². The van der Waals surface area contributed by atoms with Gasteiger partial charge in [-0.05, 0) is 36.4 Å². The van der Waals surface area contributed by atoms with Crippen LogP contribution >= 0.6 is 0 Å². The van der Waals surface area contributed by atoms with Gasteiger partial charge in [0, 0.05) is 46.3 Å². The Labute approximate surface area is 185 Å². The van der Waals surface area contributed by atoms with Crippen molar-refractivity contribution in [2.24, 2.45) is 4.99 Å². The van der Waals surface area contributed by atoms with Crippen molar-refractivity contribution in [3.63, 3.8) is 0 Å². The van der Waals surface area contributed by atoms with Gasteiger partial charge in [-0.2, -0.15) is 4.31 Å². The third-order valence-corrected chi connectivity index (χ3v) is 7.34. The quantitative estimate of drug-likeness (QED) is 0.496. The molecule has 1 saturated heterocycles. The molecule has 1 fully saturated rings. The fourth-order valence-corrected chi connectivity index (χ4v) is 5.04. The van der Waals surface area contributed by atoms with E-state index in [1.807, 2.05) is 43.4 Å². The standard InChI is InChI=1S/C22H31N5O3S/c1-23-22(24-16-18-8-10-20(30-3)11-9-18)25-17-19-6-4-5-7-21(19)31(28,29)27-14-12-26(2)13-15-27/h4-11H,12-17H2,1-3H3,(H2,23,24,25). The fraction of sp³-hybridized carbons (Fsp3) is 0.409. The summed E-state index contributed by atoms with van der Waals surface area (Å²) in [5, 5.41) is 6.48. The predicted molar refractivity (Wildman–Crippen MR) is 123 cm³/mol. The number of likely N-dealkylation sites (N-methyl/N-ethyl adjacent to an activating group) is 1. The minimum Gasteiger partial charge on any atom is -0.497 e. The van der Waals surface area contributed by atoms with Gasteiger partial charge in [0.05, 0.1) is 12.0 Å². The van der Waals surface area contributed by atoms with Crippen LogP contribution in [0.4, 0.5) is 0 Å². The first-order valence-electron chi connectivity index (χ1n) is 10.3. The van der Waals surface area contributed by atoms with Crippen molar-refractivity contribution in [2.45, 2.75) is 18.0 Å². The van der Waals surface area contributed by atoms with E-state index in [9.17, 15) is 8.42 Å². The fourth-order valence-electron chi connectivity index (χ4n) is 3.40. The molecule has 1 aliphatic heterocycles. The van der Waals surface area contributed by atoms with Crippen LogP contribution in [0.15, 0.2) is 58.4 Å². The van der Waals surface area contributed by atoms with Crippen LogP contribution in [0.2, 0.25) is 0 Å². The molecule has 8 nitrogen and oxygen atoms in total. The summed E-state index contributed by atoms with van der Waals surface area (Å²) in [5.74, 6) is 1.41. The maximum Gasteiger partial charge on any atom is 0.243 e. The molecule has 31 heavy (non-hydrogen) atoms. The Morgan fingerprint density at radius 1 is 1.00 bits per heavy atom. The maximum absolute atomic E-state index is 13.2. The van der Waals surface area contributed by atoms with Crippen molar-refractivity contribution in [2.75, 3.05) is 47.4 Å². The Bertz CT molecular complexity index is 984. The molecular weight excluding hydrogens is 414 g/mol. The van der Waals surface area contributed by atoms with Gasteiger partial charge in [-0.25, -0.2) is 8.42 Å². The molecule has 0 unspecified atom stereocenters. The number of hydrogen-bond acceptors (Lipinski definition) is 5. The average Bonchev–Trinajstić information content (AvgIpc) is 2.80. The monoisotopic (exact) mass is 445 g/mol. The molecule has 0 bridgehead atoms. The highest BCUT2D eigenvalue weighted by Gasteiger charge is 2.29. The smallest absolute Gasteiger partial charge is 0.243 e. The number of benzene rings is 2. The van der Waals surface area contributed by atoms with Crippen LogP contribution in [0.3, 0.4) is 0 Å². The summed E-state index contributed by atoms with van der Waals surface area (Å²) in [4.78, 5) is 6.73. The second kappa shape index (κ2) is 10.6. The van der Waals surface area contributed by atoms with E-state index in [1.165, 1.54) is 0 Å². The van der Waals surface area contributed by atoms with Gasteiger partial charge in [-0.3, -0.25) is 4.99 Å². The summed E-state index contributed by atoms with van der Waals surface area (Å²) >= 11 is 0. The molecule has 0 amide bonds. The van der Waals surface area contributed by atoms with E-state index in [-0.39, 0.29) is 0 Å². The number of piperazine rings is 1. The molecule has 1 aliphatic rings. The molecule has 2 aromatic carbocycles. The van der Waals surface area contributed by atoms with E-state index in [0.29, 0.717) is 42.6 Å². The molecule has 0 aromatic heterocycles. The molecule has 168 valence electrons. The highest BCUT2D eigenvalue weighted by atomic mass is 32.2. The number of nitrogens with one attached hydrogen (secondary N) is 2. The van der Waals surface area contributed by atoms with E-state index >= 15 is 0 Å². The molecule has 2 N–H and O–H groups in total. The van der Waals surface area contributed by atoms with Gasteiger partial charge >= 0.3 is 0 Å². The van der Waals surface area contributed by atoms with Gasteiger partial charge < -0.3 is 20.3 Å². The first kappa shape index (κ1) is 23.1. The normalized spacial score (nSPS) is 16.2. The lowest BCUT2D eigenvalue weighted by Gasteiger charge is -2.32. The summed E-state index contributed by atoms with van der Waals surface area (Å²) in [6, 6.07) is 14.9. The van der Waals surface area contributed by atoms with Gasteiger partial charge in [0.25, 0.3) is 0 Å². The van der Waals surface area contributed by atoms with Gasteiger partial charge in [0.15, 0.2) is 5.96 Å². The average molecular weight is 446 g/mol. The second-order valence-electron chi connectivity index (χ2n) is 7.44. The number of nitrogens with zero attached hydrogens (tertiary/aromatic N) is 3. The largest absolute Gasteiger partial charge is 0.497 e. The van der Waals surface area contributed by atoms with E-state index in [0.717, 1.165) is 24.4 Å². The minimum atomic E-state index is -3.54. The number of hydrogen-bond donors (Lipinski definition) is 2. The number of guanidine groups is 1. The summed E-state index contributed by atoms with van der Waals surface area (Å²) in [6.07, 6.45) is 0. The summed E-state index contributed by atoms with van der Waals surface area (Å²) in [6.45, 7) is 3.43. The van der Waals surface area contributed by atoms with Crippen molar-refractivity contribution >= 4 is 16.0 Å². The maximum atomic E-state index is 13.2. The Morgan fingerprint density at radius 2 is 1.65 bits per heavy atom. The van der Waals surface area contributed by atoms with E-state index in [1.54, 1.807) is 30.6 Å². The summed E-state index contributed by atoms with van der Waals surface area (Å²) in [7, 11) is 1.80. The molecule has 0 spiro atoms. The summed E-state index contributed by atoms with van der Waals surface area (Å²) < 4.78 is 33.2. The third kappa shape index (κ3) is 5.96. The van der Waals surface area contributed by atoms with E-state index in [2.05, 4.69) is 20.5 Å². The first-order valence-corrected chi connectivity index (χ1v) is 11.7. The highest BCUT2D eigenvalue weighted by Crippen LogP contribution is 2.21. The molecule has 1 heterocycles. The van der Waals surface area contributed by atoms with Crippen molar-refractivity contribution in [3.05, 3.63) is 59.7 Å². The molecule has 9 heteroatoms. The first-order chi connectivity index (χ1) is 14.9. The number of methoxy groups -OCH3 is 1. The zero-order chi connectivity index (χ0) is 22.3. The Kier molecular flexibility index (Phi) is 7.89. The van der Waals surface area contributed by atoms with Gasteiger partial charge in [0.2, 0.25) is 10.0 Å². The summed E-state index contributed by atoms with van der Waals surface area (Å²) in [5.41, 5.74) is 1.80. The molecule has 0 atom stereocenters. The molecular formula is C22H31N5O3S. The molecule has 2 aromatic rings. The Morgan fingerprint density at radius 3 is 2.29 bits per heavy atom. The van der Waals surface area contributed by atoms with Crippen LogP contribution < -0.4 is 15.4 Å². The SMILES string of the molecule is CN=C(NCc1ccc(OC)cc1)NCc1ccccc1S(=O)(=O)N1CCN(C)CC1. The highest BCUT2D eigenvalue weighted by molar-refractivity contribution is 7.89. The van der Waals surface area contributed by atoms with Crippen molar-refractivity contribution in [3.8, 4) is 5.75 Å². The second-order valence-corrected chi connectivity index (χ2v) is 9.35. The lowest BCUT2D eigenvalue weighted by atomic mass is 10.2. The van der Waals surface area contributed by atoms with Crippen LogP contribution in [-0.2, 0) is 23.1 Å². The number of aliphatic imine (C=N–C) groups is 1. The minimum absolute atomic E-state index is 0.345. The van der Waals surface area contributed by atoms with Crippen LogP contribution in [0, 0.1) is 0 Å². The van der Waals surface area contributed by atoms with Gasteiger partial charge in [-0.1, -0.05) is 30.3 Å². The third-order valence-electron chi connectivity index (χ3n) is 5.34. The van der Waals surface area contributed by atoms with Crippen molar-refractivity contribution < 1.29 is 13.2 Å². The zero-order valence-corrected chi connectivity index (χ0v) is 19.2. The molecule has 0 aliphatic carbocycles. The lowest BCUT2D eigenvalue weighted by molar-refractivity contribution is 0.222. The number of rotatable bonds is 7. The number of ether oxygens (including phenoxy) is 1. The van der Waals surface area contributed by atoms with E-state index in [4.69, 9.17) is 4.74 Å². The number of sulfonamides is 1. The zero-order valence-electron chi connectivity index (χ0n) is 18.3. The van der Waals surface area contributed by atoms with Crippen LogP contribution in [-0.4, -0.2) is 71.0 Å². The Balaban J connectivity index is 1.64. The van der Waals surface area contributed by atoms with Crippen LogP contribution in [0.25, 0.3) is 0 Å². The van der Waals surface area contributed by atoms with E-state index < -0.39 is 10.0 Å². The van der Waals surface area contributed by atoms with Crippen LogP contribution in [0.1, 0.15) is 11.1 Å². The lowest BCUT2D eigenvalue weighted by Crippen LogP contribution is -2.47. The van der Waals surface area contributed by atoms with Gasteiger partial charge in [-0.15, -0.1) is 0 Å². The van der Waals surface area contributed by atoms with Crippen LogP contribution in [0.5, 0.6) is 5.75 Å². The Hall–Kier alpha value is -2.62. The molecule has 0 radical (unpaired) electrons.